The van der Waals surface area contributed by atoms with E-state index >= 15 is 0 Å². The molecular formula is C17H23N3O3S. The summed E-state index contributed by atoms with van der Waals surface area (Å²) in [4.78, 5) is 4.17. The minimum Gasteiger partial charge on any atom is -0.388 e. The summed E-state index contributed by atoms with van der Waals surface area (Å²) in [6, 6.07) is 9.16. The number of rotatable bonds is 5. The van der Waals surface area contributed by atoms with E-state index in [-0.39, 0.29) is 11.1 Å². The van der Waals surface area contributed by atoms with Gasteiger partial charge in [-0.1, -0.05) is 30.3 Å². The molecule has 1 saturated heterocycles. The Morgan fingerprint density at radius 1 is 1.33 bits per heavy atom. The van der Waals surface area contributed by atoms with Gasteiger partial charge in [-0.05, 0) is 31.7 Å². The molecule has 2 heterocycles. The van der Waals surface area contributed by atoms with Crippen LogP contribution >= 0.6 is 0 Å². The topological polar surface area (TPSA) is 75.4 Å². The first-order chi connectivity index (χ1) is 11.4. The molecule has 1 aliphatic heterocycles. The van der Waals surface area contributed by atoms with Crippen LogP contribution in [0.2, 0.25) is 0 Å². The largest absolute Gasteiger partial charge is 0.388 e. The average Bonchev–Trinajstić information content (AvgIpc) is 3.16. The molecule has 0 radical (unpaired) electrons. The quantitative estimate of drug-likeness (QED) is 0.896. The zero-order valence-corrected chi connectivity index (χ0v) is 14.8. The molecule has 0 saturated carbocycles. The van der Waals surface area contributed by atoms with Gasteiger partial charge in [-0.3, -0.25) is 0 Å². The molecule has 6 nitrogen and oxygen atoms in total. The SMILES string of the molecule is Cc1nc(S(=O)(=O)N2CCCC2CC(O)c2ccccc2)cn1C. The highest BCUT2D eigenvalue weighted by Gasteiger charge is 2.37. The van der Waals surface area contributed by atoms with Gasteiger partial charge < -0.3 is 9.67 Å². The fraction of sp³-hybridized carbons (Fsp3) is 0.471. The van der Waals surface area contributed by atoms with Crippen molar-refractivity contribution in [1.29, 1.82) is 0 Å². The van der Waals surface area contributed by atoms with Crippen LogP contribution in [0.1, 0.15) is 36.8 Å². The van der Waals surface area contributed by atoms with Crippen LogP contribution < -0.4 is 0 Å². The van der Waals surface area contributed by atoms with Gasteiger partial charge in [-0.25, -0.2) is 13.4 Å². The lowest BCUT2D eigenvalue weighted by Crippen LogP contribution is -2.36. The summed E-state index contributed by atoms with van der Waals surface area (Å²) in [5, 5.41) is 10.5. The zero-order chi connectivity index (χ0) is 17.3. The average molecular weight is 349 g/mol. The number of aryl methyl sites for hydroxylation is 2. The first kappa shape index (κ1) is 17.1. The van der Waals surface area contributed by atoms with Crippen molar-refractivity contribution in [2.75, 3.05) is 6.54 Å². The van der Waals surface area contributed by atoms with Crippen LogP contribution in [0.4, 0.5) is 0 Å². The van der Waals surface area contributed by atoms with E-state index in [0.29, 0.717) is 18.8 Å². The summed E-state index contributed by atoms with van der Waals surface area (Å²) in [6.07, 6.45) is 2.84. The van der Waals surface area contributed by atoms with Crippen molar-refractivity contribution in [3.8, 4) is 0 Å². The molecule has 1 aliphatic rings. The van der Waals surface area contributed by atoms with Gasteiger partial charge in [0.15, 0.2) is 5.03 Å². The Labute approximate surface area is 142 Å². The van der Waals surface area contributed by atoms with Gasteiger partial charge in [0.25, 0.3) is 10.0 Å². The Balaban J connectivity index is 1.80. The highest BCUT2D eigenvalue weighted by molar-refractivity contribution is 7.89. The van der Waals surface area contributed by atoms with Crippen LogP contribution in [0, 0.1) is 6.92 Å². The van der Waals surface area contributed by atoms with Crippen molar-refractivity contribution in [3.63, 3.8) is 0 Å². The Kier molecular flexibility index (Phi) is 4.76. The van der Waals surface area contributed by atoms with Crippen molar-refractivity contribution in [1.82, 2.24) is 13.9 Å². The van der Waals surface area contributed by atoms with Crippen LogP contribution in [0.15, 0.2) is 41.6 Å². The van der Waals surface area contributed by atoms with Gasteiger partial charge in [0.05, 0.1) is 6.10 Å². The second-order valence-electron chi connectivity index (χ2n) is 6.31. The van der Waals surface area contributed by atoms with Gasteiger partial charge >= 0.3 is 0 Å². The number of hydrogen-bond donors (Lipinski definition) is 1. The third kappa shape index (κ3) is 3.24. The summed E-state index contributed by atoms with van der Waals surface area (Å²) < 4.78 is 29.0. The molecule has 1 fully saturated rings. The number of benzene rings is 1. The van der Waals surface area contributed by atoms with E-state index in [2.05, 4.69) is 4.98 Å². The van der Waals surface area contributed by atoms with E-state index in [1.165, 1.54) is 4.31 Å². The maximum atomic E-state index is 12.9. The molecule has 0 aliphatic carbocycles. The molecule has 2 unspecified atom stereocenters. The summed E-state index contributed by atoms with van der Waals surface area (Å²) in [7, 11) is -1.85. The van der Waals surface area contributed by atoms with Crippen LogP contribution in [0.25, 0.3) is 0 Å². The number of sulfonamides is 1. The van der Waals surface area contributed by atoms with Crippen LogP contribution in [-0.2, 0) is 17.1 Å². The normalized spacial score (nSPS) is 20.4. The zero-order valence-electron chi connectivity index (χ0n) is 14.0. The summed E-state index contributed by atoms with van der Waals surface area (Å²) in [5.74, 6) is 0.661. The maximum absolute atomic E-state index is 12.9. The van der Waals surface area contributed by atoms with E-state index in [4.69, 9.17) is 0 Å². The molecule has 2 aromatic rings. The fourth-order valence-electron chi connectivity index (χ4n) is 3.20. The second kappa shape index (κ2) is 6.66. The summed E-state index contributed by atoms with van der Waals surface area (Å²) in [6.45, 7) is 2.25. The molecule has 2 atom stereocenters. The van der Waals surface area contributed by atoms with Gasteiger partial charge in [-0.2, -0.15) is 4.31 Å². The molecule has 130 valence electrons. The molecule has 3 rings (SSSR count). The maximum Gasteiger partial charge on any atom is 0.262 e. The number of aliphatic hydroxyl groups excluding tert-OH is 1. The van der Waals surface area contributed by atoms with Crippen molar-refractivity contribution < 1.29 is 13.5 Å². The van der Waals surface area contributed by atoms with E-state index in [1.807, 2.05) is 30.3 Å². The number of hydrogen-bond acceptors (Lipinski definition) is 4. The lowest BCUT2D eigenvalue weighted by molar-refractivity contribution is 0.142. The molecule has 24 heavy (non-hydrogen) atoms. The lowest BCUT2D eigenvalue weighted by atomic mass is 10.0. The Morgan fingerprint density at radius 2 is 2.04 bits per heavy atom. The molecule has 0 bridgehead atoms. The van der Waals surface area contributed by atoms with Gasteiger partial charge in [0.2, 0.25) is 0 Å². The third-order valence-corrected chi connectivity index (χ3v) is 6.49. The van der Waals surface area contributed by atoms with Gasteiger partial charge in [0.1, 0.15) is 5.82 Å². The number of aliphatic hydroxyl groups is 1. The van der Waals surface area contributed by atoms with Crippen LogP contribution in [0.3, 0.4) is 0 Å². The van der Waals surface area contributed by atoms with E-state index < -0.39 is 16.1 Å². The Morgan fingerprint density at radius 3 is 2.67 bits per heavy atom. The van der Waals surface area contributed by atoms with Crippen molar-refractivity contribution in [2.45, 2.75) is 43.4 Å². The molecule has 0 amide bonds. The minimum absolute atomic E-state index is 0.0867. The minimum atomic E-state index is -3.63. The molecule has 1 aromatic carbocycles. The van der Waals surface area contributed by atoms with E-state index in [9.17, 15) is 13.5 Å². The monoisotopic (exact) mass is 349 g/mol. The van der Waals surface area contributed by atoms with Gasteiger partial charge in [0, 0.05) is 25.8 Å². The molecule has 1 N–H and O–H groups in total. The Bertz CT molecular complexity index is 782. The number of aromatic nitrogens is 2. The predicted molar refractivity (Wildman–Crippen MR) is 90.9 cm³/mol. The van der Waals surface area contributed by atoms with Crippen molar-refractivity contribution in [2.24, 2.45) is 7.05 Å². The first-order valence-corrected chi connectivity index (χ1v) is 9.58. The highest BCUT2D eigenvalue weighted by Crippen LogP contribution is 2.31. The number of nitrogens with zero attached hydrogens (tertiary/aromatic N) is 3. The molecule has 7 heteroatoms. The molecule has 1 aromatic heterocycles. The van der Waals surface area contributed by atoms with E-state index in [1.54, 1.807) is 24.7 Å². The summed E-state index contributed by atoms with van der Waals surface area (Å²) in [5.41, 5.74) is 0.815. The predicted octanol–water partition coefficient (Wildman–Crippen LogP) is 2.01. The lowest BCUT2D eigenvalue weighted by Gasteiger charge is -2.25. The Hall–Kier alpha value is -1.70. The first-order valence-electron chi connectivity index (χ1n) is 8.14. The fourth-order valence-corrected chi connectivity index (χ4v) is 4.93. The summed E-state index contributed by atoms with van der Waals surface area (Å²) >= 11 is 0. The van der Waals surface area contributed by atoms with Crippen LogP contribution in [-0.4, -0.2) is 40.0 Å². The van der Waals surface area contributed by atoms with Gasteiger partial charge in [-0.15, -0.1) is 0 Å². The smallest absolute Gasteiger partial charge is 0.262 e. The standard InChI is InChI=1S/C17H23N3O3S/c1-13-18-17(12-19(13)2)24(22,23)20-10-6-9-15(20)11-16(21)14-7-4-3-5-8-14/h3-5,7-8,12,15-16,21H,6,9-11H2,1-2H3. The van der Waals surface area contributed by atoms with E-state index in [0.717, 1.165) is 18.4 Å². The molecule has 0 spiro atoms. The second-order valence-corrected chi connectivity index (χ2v) is 8.15. The van der Waals surface area contributed by atoms with Crippen LogP contribution in [0.5, 0.6) is 0 Å². The van der Waals surface area contributed by atoms with Crippen molar-refractivity contribution in [3.05, 3.63) is 47.9 Å². The third-order valence-electron chi connectivity index (χ3n) is 4.66. The van der Waals surface area contributed by atoms with Crippen molar-refractivity contribution >= 4 is 10.0 Å². The molecular weight excluding hydrogens is 326 g/mol. The number of imidazole rings is 1. The highest BCUT2D eigenvalue weighted by atomic mass is 32.2.